The molecule has 0 rings (SSSR count). The fraction of sp³-hybridized carbons (Fsp3) is 1.00. The highest BCUT2D eigenvalue weighted by Gasteiger charge is 1.90. The summed E-state index contributed by atoms with van der Waals surface area (Å²) in [7, 11) is 0. The second-order valence-electron chi connectivity index (χ2n) is 0.558. The molecule has 1 nitrogen and oxygen atoms in total. The van der Waals surface area contributed by atoms with Crippen LogP contribution in [-0.2, 0) is 5.11 Å². The van der Waals surface area contributed by atoms with Crippen LogP contribution in [0.3, 0.4) is 0 Å². The monoisotopic (exact) mass is 113 g/mol. The fourth-order valence-corrected chi connectivity index (χ4v) is 0. The minimum atomic E-state index is -0.727. The maximum absolute atomic E-state index is 9.37. The number of hydrogen-bond acceptors (Lipinski definition) is 0. The molecule has 0 N–H and O–H groups in total. The van der Waals surface area contributed by atoms with Crippen LogP contribution in [0.15, 0.2) is 0 Å². The highest BCUT2D eigenvalue weighted by Crippen LogP contribution is 1.96. The van der Waals surface area contributed by atoms with E-state index >= 15 is 0 Å². The maximum Gasteiger partial charge on any atom is 0.134 e. The molecule has 0 bridgehead atoms. The average Bonchev–Trinajstić information content (AvgIpc) is 1.38. The Balaban J connectivity index is 2.54. The van der Waals surface area contributed by atoms with Crippen molar-refractivity contribution < 1.29 is 5.11 Å². The summed E-state index contributed by atoms with van der Waals surface area (Å²) in [5.74, 6) is 0. The van der Waals surface area contributed by atoms with Gasteiger partial charge in [0.2, 0.25) is 0 Å². The Hall–Kier alpha value is 0.540. The molecule has 0 aromatic heterocycles. The van der Waals surface area contributed by atoms with Crippen LogP contribution in [0.5, 0.6) is 0 Å². The van der Waals surface area contributed by atoms with Gasteiger partial charge in [-0.2, -0.15) is 0 Å². The Labute approximate surface area is 40.5 Å². The molecule has 31 valence electrons. The van der Waals surface area contributed by atoms with Gasteiger partial charge in [0.1, 0.15) is 11.4 Å². The molecule has 0 aliphatic carbocycles. The Morgan fingerprint density at radius 1 is 1.60 bits per heavy atom. The van der Waals surface area contributed by atoms with Gasteiger partial charge in [-0.05, 0) is 0 Å². The first-order chi connectivity index (χ1) is 2.27. The van der Waals surface area contributed by atoms with Crippen LogP contribution < -0.4 is 0 Å². The molecule has 0 fully saturated rings. The molecular formula is C2H3Cl2O. The van der Waals surface area contributed by atoms with Crippen LogP contribution >= 0.6 is 23.2 Å². The van der Waals surface area contributed by atoms with Crippen molar-refractivity contribution in [2.24, 2.45) is 0 Å². The third-order valence-corrected chi connectivity index (χ3v) is 0.378. The predicted molar refractivity (Wildman–Crippen MR) is 21.0 cm³/mol. The first kappa shape index (κ1) is 5.54. The lowest BCUT2D eigenvalue weighted by atomic mass is 10.9. The quantitative estimate of drug-likeness (QED) is 0.456. The van der Waals surface area contributed by atoms with Crippen LogP contribution in [0, 0.1) is 0 Å². The minimum Gasteiger partial charge on any atom is -0.234 e. The Kier molecular flexibility index (Phi) is 3.06. The van der Waals surface area contributed by atoms with Gasteiger partial charge in [0, 0.05) is 0 Å². The van der Waals surface area contributed by atoms with Gasteiger partial charge in [0.25, 0.3) is 0 Å². The molecule has 0 heterocycles. The van der Waals surface area contributed by atoms with Crippen molar-refractivity contribution in [3.63, 3.8) is 0 Å². The number of hydrogen-bond donors (Lipinski definition) is 0. The van der Waals surface area contributed by atoms with E-state index < -0.39 is 11.4 Å². The van der Waals surface area contributed by atoms with E-state index in [-0.39, 0.29) is 0 Å². The zero-order valence-electron chi connectivity index (χ0n) is 2.45. The van der Waals surface area contributed by atoms with E-state index in [0.717, 1.165) is 0 Å². The minimum absolute atomic E-state index is 0.414. The fourth-order valence-electron chi connectivity index (χ4n) is 0. The topological polar surface area (TPSA) is 19.9 Å². The van der Waals surface area contributed by atoms with E-state index in [2.05, 4.69) is 0 Å². The van der Waals surface area contributed by atoms with Gasteiger partial charge in [0.05, 0.1) is 0 Å². The molecule has 0 spiro atoms. The Morgan fingerprint density at radius 3 is 1.80 bits per heavy atom. The summed E-state index contributed by atoms with van der Waals surface area (Å²) in [6, 6.07) is 0. The van der Waals surface area contributed by atoms with Gasteiger partial charge in [-0.1, -0.05) is 0 Å². The van der Waals surface area contributed by atoms with Gasteiger partial charge >= 0.3 is 0 Å². The Morgan fingerprint density at radius 2 is 1.80 bits per heavy atom. The van der Waals surface area contributed by atoms with Crippen LogP contribution in [-0.4, -0.2) is 11.4 Å². The summed E-state index contributed by atoms with van der Waals surface area (Å²) >= 11 is 9.83. The molecule has 3 heteroatoms. The normalized spacial score (nSPS) is 9.60. The van der Waals surface area contributed by atoms with Gasteiger partial charge in [-0.15, -0.1) is 23.2 Å². The second-order valence-corrected chi connectivity index (χ2v) is 1.83. The van der Waals surface area contributed by atoms with Crippen molar-refractivity contribution in [3.05, 3.63) is 0 Å². The summed E-state index contributed by atoms with van der Waals surface area (Å²) in [6.45, 7) is -0.414. The van der Waals surface area contributed by atoms with Crippen molar-refractivity contribution in [1.82, 2.24) is 0 Å². The lowest BCUT2D eigenvalue weighted by Gasteiger charge is -1.81. The third-order valence-electron chi connectivity index (χ3n) is 0.126. The standard InChI is InChI=1S/C2H3Cl2O/c3-2(4)1-5/h2H,1H2. The number of halogens is 2. The third kappa shape index (κ3) is 4.54. The molecule has 0 aliphatic rings. The summed E-state index contributed by atoms with van der Waals surface area (Å²) in [6.07, 6.45) is 0. The lowest BCUT2D eigenvalue weighted by molar-refractivity contribution is 0.207. The molecule has 0 amide bonds. The van der Waals surface area contributed by atoms with E-state index in [9.17, 15) is 5.11 Å². The number of rotatable bonds is 1. The first-order valence-electron chi connectivity index (χ1n) is 1.13. The molecule has 1 radical (unpaired) electrons. The van der Waals surface area contributed by atoms with Crippen molar-refractivity contribution in [2.45, 2.75) is 4.84 Å². The SMILES string of the molecule is [O]CC(Cl)Cl. The van der Waals surface area contributed by atoms with Crippen molar-refractivity contribution in [3.8, 4) is 0 Å². The zero-order valence-corrected chi connectivity index (χ0v) is 3.96. The maximum atomic E-state index is 9.37. The summed E-state index contributed by atoms with van der Waals surface area (Å²) in [4.78, 5) is -0.727. The molecular weight excluding hydrogens is 111 g/mol. The van der Waals surface area contributed by atoms with Crippen molar-refractivity contribution in [2.75, 3.05) is 6.61 Å². The molecule has 0 aromatic rings. The van der Waals surface area contributed by atoms with E-state index in [1.54, 1.807) is 0 Å². The van der Waals surface area contributed by atoms with Gasteiger partial charge < -0.3 is 0 Å². The summed E-state index contributed by atoms with van der Waals surface area (Å²) in [5, 5.41) is 9.37. The summed E-state index contributed by atoms with van der Waals surface area (Å²) < 4.78 is 0. The van der Waals surface area contributed by atoms with Crippen molar-refractivity contribution >= 4 is 23.2 Å². The van der Waals surface area contributed by atoms with E-state index in [1.807, 2.05) is 0 Å². The molecule has 0 aliphatic heterocycles. The molecule has 0 atom stereocenters. The first-order valence-corrected chi connectivity index (χ1v) is 2.01. The van der Waals surface area contributed by atoms with Gasteiger partial charge in [0.15, 0.2) is 0 Å². The lowest BCUT2D eigenvalue weighted by Crippen LogP contribution is -1.88. The van der Waals surface area contributed by atoms with Gasteiger partial charge in [-0.25, -0.2) is 5.11 Å². The van der Waals surface area contributed by atoms with Crippen LogP contribution in [0.25, 0.3) is 0 Å². The molecule has 0 unspecified atom stereocenters. The summed E-state index contributed by atoms with van der Waals surface area (Å²) in [5.41, 5.74) is 0. The molecule has 0 saturated carbocycles. The smallest absolute Gasteiger partial charge is 0.134 e. The highest BCUT2D eigenvalue weighted by atomic mass is 35.5. The van der Waals surface area contributed by atoms with Gasteiger partial charge in [-0.3, -0.25) is 0 Å². The molecule has 0 aromatic carbocycles. The molecule has 0 saturated heterocycles. The van der Waals surface area contributed by atoms with Crippen LogP contribution in [0.2, 0.25) is 0 Å². The van der Waals surface area contributed by atoms with Crippen LogP contribution in [0.1, 0.15) is 0 Å². The van der Waals surface area contributed by atoms with Crippen LogP contribution in [0.4, 0.5) is 0 Å². The average molecular weight is 114 g/mol. The molecule has 5 heavy (non-hydrogen) atoms. The Bertz CT molecular complexity index is 21.6. The van der Waals surface area contributed by atoms with E-state index in [4.69, 9.17) is 23.2 Å². The zero-order chi connectivity index (χ0) is 4.28. The van der Waals surface area contributed by atoms with E-state index in [1.165, 1.54) is 0 Å². The second kappa shape index (κ2) is 2.76. The number of alkyl halides is 2. The predicted octanol–water partition coefficient (Wildman–Crippen LogP) is 1.22. The van der Waals surface area contributed by atoms with Crippen molar-refractivity contribution in [1.29, 1.82) is 0 Å². The van der Waals surface area contributed by atoms with E-state index in [0.29, 0.717) is 0 Å². The highest BCUT2D eigenvalue weighted by molar-refractivity contribution is 6.44. The largest absolute Gasteiger partial charge is 0.234 e.